The van der Waals surface area contributed by atoms with Crippen LogP contribution in [-0.2, 0) is 6.42 Å². The molecule has 1 N–H and O–H groups in total. The summed E-state index contributed by atoms with van der Waals surface area (Å²) in [5, 5.41) is 10.6. The molecule has 8 heteroatoms. The maximum absolute atomic E-state index is 14.0. The van der Waals surface area contributed by atoms with E-state index < -0.39 is 5.95 Å². The van der Waals surface area contributed by atoms with Crippen LogP contribution in [0.5, 0.6) is 0 Å². The van der Waals surface area contributed by atoms with Crippen molar-refractivity contribution < 1.29 is 13.6 Å². The molecule has 2 aromatic heterocycles. The van der Waals surface area contributed by atoms with Crippen molar-refractivity contribution in [2.75, 3.05) is 5.32 Å². The SMILES string of the molecule is O=C(Nc1nnc(-c2ccccc2)o1)N1C2CCC1c1ccnc(F)c1C2. The summed E-state index contributed by atoms with van der Waals surface area (Å²) < 4.78 is 19.6. The summed E-state index contributed by atoms with van der Waals surface area (Å²) >= 11 is 0. The van der Waals surface area contributed by atoms with Crippen LogP contribution in [0.4, 0.5) is 15.2 Å². The number of aromatic nitrogens is 3. The first-order valence-corrected chi connectivity index (χ1v) is 8.82. The van der Waals surface area contributed by atoms with E-state index >= 15 is 0 Å². The van der Waals surface area contributed by atoms with Crippen LogP contribution in [0.25, 0.3) is 11.5 Å². The Morgan fingerprint density at radius 2 is 2.04 bits per heavy atom. The van der Waals surface area contributed by atoms with Crippen molar-refractivity contribution in [1.82, 2.24) is 20.1 Å². The molecule has 2 amide bonds. The summed E-state index contributed by atoms with van der Waals surface area (Å²) in [5.41, 5.74) is 2.24. The Labute approximate surface area is 154 Å². The average Bonchev–Trinajstić information content (AvgIpc) is 3.27. The number of pyridine rings is 1. The van der Waals surface area contributed by atoms with Crippen molar-refractivity contribution in [2.24, 2.45) is 0 Å². The summed E-state index contributed by atoms with van der Waals surface area (Å²) in [4.78, 5) is 18.3. The zero-order valence-corrected chi connectivity index (χ0v) is 14.3. The highest BCUT2D eigenvalue weighted by molar-refractivity contribution is 5.88. The minimum Gasteiger partial charge on any atom is -0.403 e. The monoisotopic (exact) mass is 365 g/mol. The molecule has 2 aliphatic heterocycles. The maximum atomic E-state index is 14.0. The van der Waals surface area contributed by atoms with Gasteiger partial charge in [0.25, 0.3) is 0 Å². The lowest BCUT2D eigenvalue weighted by Gasteiger charge is -2.35. The third-order valence-electron chi connectivity index (χ3n) is 5.23. The Morgan fingerprint density at radius 3 is 2.89 bits per heavy atom. The lowest BCUT2D eigenvalue weighted by Crippen LogP contribution is -2.44. The number of hydrogen-bond acceptors (Lipinski definition) is 5. The van der Waals surface area contributed by atoms with Gasteiger partial charge in [0.05, 0.1) is 6.04 Å². The number of carbonyl (C=O) groups excluding carboxylic acids is 1. The van der Waals surface area contributed by atoms with Gasteiger partial charge >= 0.3 is 12.0 Å². The van der Waals surface area contributed by atoms with E-state index in [0.717, 1.165) is 24.0 Å². The van der Waals surface area contributed by atoms with Crippen LogP contribution in [0.3, 0.4) is 0 Å². The zero-order valence-electron chi connectivity index (χ0n) is 14.3. The number of urea groups is 1. The molecule has 4 heterocycles. The van der Waals surface area contributed by atoms with Crippen LogP contribution in [0.1, 0.15) is 30.0 Å². The summed E-state index contributed by atoms with van der Waals surface area (Å²) in [6, 6.07) is 10.6. The van der Waals surface area contributed by atoms with Crippen LogP contribution >= 0.6 is 0 Å². The van der Waals surface area contributed by atoms with Gasteiger partial charge in [0.2, 0.25) is 11.8 Å². The number of halogens is 1. The molecule has 2 unspecified atom stereocenters. The summed E-state index contributed by atoms with van der Waals surface area (Å²) in [6.45, 7) is 0. The normalized spacial score (nSPS) is 20.4. The molecular weight excluding hydrogens is 349 g/mol. The average molecular weight is 365 g/mol. The third-order valence-corrected chi connectivity index (χ3v) is 5.23. The minimum atomic E-state index is -0.436. The fourth-order valence-electron chi connectivity index (χ4n) is 4.05. The molecule has 1 fully saturated rings. The molecular formula is C19H16FN5O2. The molecule has 1 saturated heterocycles. The van der Waals surface area contributed by atoms with E-state index in [2.05, 4.69) is 20.5 Å². The van der Waals surface area contributed by atoms with Crippen molar-refractivity contribution in [1.29, 1.82) is 0 Å². The number of fused-ring (bicyclic) bond motifs is 4. The highest BCUT2D eigenvalue weighted by atomic mass is 19.1. The van der Waals surface area contributed by atoms with E-state index in [4.69, 9.17) is 4.42 Å². The predicted octanol–water partition coefficient (Wildman–Crippen LogP) is 3.56. The van der Waals surface area contributed by atoms with Gasteiger partial charge in [-0.15, -0.1) is 5.10 Å². The number of rotatable bonds is 2. The van der Waals surface area contributed by atoms with Gasteiger partial charge in [0.15, 0.2) is 0 Å². The van der Waals surface area contributed by atoms with E-state index in [9.17, 15) is 9.18 Å². The Morgan fingerprint density at radius 1 is 1.19 bits per heavy atom. The number of amides is 2. The fourth-order valence-corrected chi connectivity index (χ4v) is 4.05. The number of anilines is 1. The molecule has 136 valence electrons. The van der Waals surface area contributed by atoms with Gasteiger partial charge in [-0.1, -0.05) is 23.3 Å². The van der Waals surface area contributed by atoms with E-state index in [0.29, 0.717) is 17.9 Å². The fraction of sp³-hybridized carbons (Fsp3) is 0.263. The Hall–Kier alpha value is -3.29. The molecule has 27 heavy (non-hydrogen) atoms. The quantitative estimate of drug-likeness (QED) is 0.702. The Kier molecular flexibility index (Phi) is 3.63. The van der Waals surface area contributed by atoms with Gasteiger partial charge < -0.3 is 9.32 Å². The zero-order chi connectivity index (χ0) is 18.4. The molecule has 0 saturated carbocycles. The van der Waals surface area contributed by atoms with Crippen molar-refractivity contribution in [3.63, 3.8) is 0 Å². The second-order valence-corrected chi connectivity index (χ2v) is 6.74. The summed E-state index contributed by atoms with van der Waals surface area (Å²) in [7, 11) is 0. The number of benzene rings is 1. The number of nitrogens with one attached hydrogen (secondary N) is 1. The van der Waals surface area contributed by atoms with Gasteiger partial charge in [0.1, 0.15) is 0 Å². The number of carbonyl (C=O) groups is 1. The topological polar surface area (TPSA) is 84.2 Å². The van der Waals surface area contributed by atoms with Gasteiger partial charge in [-0.25, -0.2) is 9.78 Å². The van der Waals surface area contributed by atoms with Crippen LogP contribution in [0, 0.1) is 5.95 Å². The highest BCUT2D eigenvalue weighted by Gasteiger charge is 2.44. The smallest absolute Gasteiger partial charge is 0.326 e. The second-order valence-electron chi connectivity index (χ2n) is 6.74. The largest absolute Gasteiger partial charge is 0.403 e. The molecule has 7 nitrogen and oxygen atoms in total. The molecule has 5 rings (SSSR count). The van der Waals surface area contributed by atoms with E-state index in [1.165, 1.54) is 6.20 Å². The third kappa shape index (κ3) is 2.64. The number of nitrogens with zero attached hydrogens (tertiary/aromatic N) is 4. The first-order valence-electron chi connectivity index (χ1n) is 8.82. The lowest BCUT2D eigenvalue weighted by molar-refractivity contribution is 0.177. The molecule has 2 bridgehead atoms. The van der Waals surface area contributed by atoms with Crippen LogP contribution in [-0.4, -0.2) is 32.2 Å². The van der Waals surface area contributed by atoms with Crippen molar-refractivity contribution in [3.05, 3.63) is 59.7 Å². The van der Waals surface area contributed by atoms with Gasteiger partial charge in [-0.2, -0.15) is 4.39 Å². The van der Waals surface area contributed by atoms with Gasteiger partial charge in [-0.05, 0) is 43.0 Å². The lowest BCUT2D eigenvalue weighted by atomic mass is 9.95. The number of hydrogen-bond donors (Lipinski definition) is 1. The van der Waals surface area contributed by atoms with Gasteiger partial charge in [-0.3, -0.25) is 5.32 Å². The molecule has 0 aliphatic carbocycles. The molecule has 2 aliphatic rings. The molecule has 3 aromatic rings. The Bertz CT molecular complexity index is 1010. The van der Waals surface area contributed by atoms with E-state index in [-0.39, 0.29) is 24.1 Å². The molecule has 0 radical (unpaired) electrons. The van der Waals surface area contributed by atoms with E-state index in [1.807, 2.05) is 30.3 Å². The standard InChI is InChI=1S/C19H16FN5O2/c20-16-14-10-12-6-7-15(13(14)8-9-21-16)25(12)19(26)22-18-24-23-17(27-18)11-4-2-1-3-5-11/h1-5,8-9,12,15H,6-7,10H2,(H,22,24,26). The predicted molar refractivity (Wildman–Crippen MR) is 94.3 cm³/mol. The van der Waals surface area contributed by atoms with Crippen molar-refractivity contribution in [3.8, 4) is 11.5 Å². The molecule has 1 aromatic carbocycles. The van der Waals surface area contributed by atoms with Crippen LogP contribution < -0.4 is 5.32 Å². The summed E-state index contributed by atoms with van der Waals surface area (Å²) in [5.74, 6) is -0.0973. The molecule has 2 atom stereocenters. The van der Waals surface area contributed by atoms with Crippen molar-refractivity contribution in [2.45, 2.75) is 31.3 Å². The van der Waals surface area contributed by atoms with E-state index in [1.54, 1.807) is 11.0 Å². The van der Waals surface area contributed by atoms with Crippen LogP contribution in [0.2, 0.25) is 0 Å². The summed E-state index contributed by atoms with van der Waals surface area (Å²) in [6.07, 6.45) is 3.55. The highest BCUT2D eigenvalue weighted by Crippen LogP contribution is 2.44. The molecule has 0 spiro atoms. The van der Waals surface area contributed by atoms with Gasteiger partial charge in [0, 0.05) is 23.4 Å². The maximum Gasteiger partial charge on any atom is 0.326 e. The first-order chi connectivity index (χ1) is 13.2. The minimum absolute atomic E-state index is 0.0463. The van der Waals surface area contributed by atoms with Crippen LogP contribution in [0.15, 0.2) is 47.0 Å². The Balaban J connectivity index is 1.37. The first kappa shape index (κ1) is 15.9. The second kappa shape index (κ2) is 6.15. The van der Waals surface area contributed by atoms with Crippen molar-refractivity contribution >= 4 is 12.0 Å².